The number of nitrogens with one attached hydrogen (secondary N) is 2. The minimum Gasteiger partial charge on any atom is -0.326 e. The number of sulfonamides is 1. The van der Waals surface area contributed by atoms with E-state index < -0.39 is 15.9 Å². The summed E-state index contributed by atoms with van der Waals surface area (Å²) in [5, 5.41) is 2.76. The van der Waals surface area contributed by atoms with Crippen LogP contribution in [0.15, 0.2) is 53.4 Å². The van der Waals surface area contributed by atoms with E-state index in [9.17, 15) is 18.0 Å². The first-order valence-corrected chi connectivity index (χ1v) is 9.29. The number of carbonyl (C=O) groups excluding carboxylic acids is 2. The number of carbonyl (C=O) groups is 2. The van der Waals surface area contributed by atoms with Gasteiger partial charge in [-0.3, -0.25) is 9.59 Å². The molecule has 0 saturated carbocycles. The Kier molecular flexibility index (Phi) is 5.81. The second kappa shape index (κ2) is 7.67. The molecule has 0 fully saturated rings. The van der Waals surface area contributed by atoms with E-state index in [1.165, 1.54) is 30.3 Å². The molecule has 0 heterocycles. The van der Waals surface area contributed by atoms with Crippen LogP contribution < -0.4 is 10.0 Å². The molecular formula is C17H17ClN2O4S. The fourth-order valence-corrected chi connectivity index (χ4v) is 3.14. The Hall–Kier alpha value is -2.38. The second-order valence-corrected chi connectivity index (χ2v) is 7.68. The molecule has 25 heavy (non-hydrogen) atoms. The molecule has 6 nitrogen and oxygen atoms in total. The van der Waals surface area contributed by atoms with Gasteiger partial charge in [0.05, 0.1) is 15.5 Å². The second-order valence-electron chi connectivity index (χ2n) is 5.59. The van der Waals surface area contributed by atoms with Gasteiger partial charge in [0.1, 0.15) is 0 Å². The van der Waals surface area contributed by atoms with Crippen LogP contribution in [-0.4, -0.2) is 20.2 Å². The lowest BCUT2D eigenvalue weighted by molar-refractivity contribution is -0.118. The molecule has 8 heteroatoms. The Bertz CT molecular complexity index is 910. The minimum absolute atomic E-state index is 0.0528. The topological polar surface area (TPSA) is 92.3 Å². The SMILES string of the molecule is CC(C)C(=O)Nc1cccc(S(=O)(=O)NC(=O)c2ccccc2Cl)c1. The van der Waals surface area contributed by atoms with Gasteiger partial charge in [0.25, 0.3) is 15.9 Å². The Labute approximate surface area is 151 Å². The number of amides is 2. The average molecular weight is 381 g/mol. The lowest BCUT2D eigenvalue weighted by Crippen LogP contribution is -2.30. The van der Waals surface area contributed by atoms with Gasteiger partial charge in [0.2, 0.25) is 5.91 Å². The maximum atomic E-state index is 12.4. The molecule has 0 saturated heterocycles. The summed E-state index contributed by atoms with van der Waals surface area (Å²) < 4.78 is 26.8. The third kappa shape index (κ3) is 4.80. The van der Waals surface area contributed by atoms with Crippen molar-refractivity contribution < 1.29 is 18.0 Å². The first kappa shape index (κ1) is 19.0. The van der Waals surface area contributed by atoms with Crippen LogP contribution in [-0.2, 0) is 14.8 Å². The summed E-state index contributed by atoms with van der Waals surface area (Å²) in [4.78, 5) is 23.7. The minimum atomic E-state index is -4.11. The Morgan fingerprint density at radius 2 is 1.72 bits per heavy atom. The predicted octanol–water partition coefficient (Wildman–Crippen LogP) is 3.05. The van der Waals surface area contributed by atoms with E-state index in [2.05, 4.69) is 5.32 Å². The molecule has 0 aliphatic carbocycles. The van der Waals surface area contributed by atoms with Gasteiger partial charge >= 0.3 is 0 Å². The van der Waals surface area contributed by atoms with Crippen LogP contribution in [0, 0.1) is 5.92 Å². The van der Waals surface area contributed by atoms with E-state index in [0.717, 1.165) is 0 Å². The molecule has 2 aromatic rings. The van der Waals surface area contributed by atoms with Gasteiger partial charge in [-0.25, -0.2) is 13.1 Å². The van der Waals surface area contributed by atoms with Gasteiger partial charge in [0.15, 0.2) is 0 Å². The van der Waals surface area contributed by atoms with Crippen LogP contribution in [0.2, 0.25) is 5.02 Å². The molecule has 0 bridgehead atoms. The fourth-order valence-electron chi connectivity index (χ4n) is 1.91. The average Bonchev–Trinajstić information content (AvgIpc) is 2.55. The third-order valence-corrected chi connectivity index (χ3v) is 4.94. The van der Waals surface area contributed by atoms with E-state index in [1.54, 1.807) is 32.0 Å². The van der Waals surface area contributed by atoms with E-state index >= 15 is 0 Å². The molecule has 0 aromatic heterocycles. The summed E-state index contributed by atoms with van der Waals surface area (Å²) in [7, 11) is -4.11. The fraction of sp³-hybridized carbons (Fsp3) is 0.176. The van der Waals surface area contributed by atoms with Gasteiger partial charge < -0.3 is 5.32 Å². The smallest absolute Gasteiger partial charge is 0.266 e. The van der Waals surface area contributed by atoms with Gasteiger partial charge in [-0.2, -0.15) is 0 Å². The standard InChI is InChI=1S/C17H17ClN2O4S/c1-11(2)16(21)19-12-6-5-7-13(10-12)25(23,24)20-17(22)14-8-3-4-9-15(14)18/h3-11H,1-2H3,(H,19,21)(H,20,22). The number of hydrogen-bond donors (Lipinski definition) is 2. The molecule has 2 rings (SSSR count). The van der Waals surface area contributed by atoms with Crippen molar-refractivity contribution in [2.45, 2.75) is 18.7 Å². The monoisotopic (exact) mass is 380 g/mol. The van der Waals surface area contributed by atoms with Crippen LogP contribution in [0.5, 0.6) is 0 Å². The zero-order chi connectivity index (χ0) is 18.6. The number of rotatable bonds is 5. The first-order chi connectivity index (χ1) is 11.7. The van der Waals surface area contributed by atoms with Crippen molar-refractivity contribution in [3.63, 3.8) is 0 Å². The van der Waals surface area contributed by atoms with Crippen molar-refractivity contribution in [3.8, 4) is 0 Å². The first-order valence-electron chi connectivity index (χ1n) is 7.43. The van der Waals surface area contributed by atoms with Crippen molar-refractivity contribution in [3.05, 3.63) is 59.1 Å². The number of hydrogen-bond acceptors (Lipinski definition) is 4. The van der Waals surface area contributed by atoms with E-state index in [-0.39, 0.29) is 27.3 Å². The van der Waals surface area contributed by atoms with Crippen molar-refractivity contribution >= 4 is 39.1 Å². The summed E-state index contributed by atoms with van der Waals surface area (Å²) in [5.41, 5.74) is 0.378. The van der Waals surface area contributed by atoms with Crippen molar-refractivity contribution in [1.82, 2.24) is 4.72 Å². The Balaban J connectivity index is 2.24. The summed E-state index contributed by atoms with van der Waals surface area (Å²) in [6.07, 6.45) is 0. The van der Waals surface area contributed by atoms with Crippen molar-refractivity contribution in [1.29, 1.82) is 0 Å². The van der Waals surface area contributed by atoms with Gasteiger partial charge in [-0.05, 0) is 30.3 Å². The van der Waals surface area contributed by atoms with E-state index in [4.69, 9.17) is 11.6 Å². The number of anilines is 1. The number of benzene rings is 2. The summed E-state index contributed by atoms with van der Waals surface area (Å²) in [6.45, 7) is 3.44. The van der Waals surface area contributed by atoms with Crippen molar-refractivity contribution in [2.75, 3.05) is 5.32 Å². The largest absolute Gasteiger partial charge is 0.326 e. The number of halogens is 1. The molecule has 0 aliphatic heterocycles. The normalized spacial score (nSPS) is 11.2. The highest BCUT2D eigenvalue weighted by molar-refractivity contribution is 7.90. The quantitative estimate of drug-likeness (QED) is 0.833. The van der Waals surface area contributed by atoms with Crippen LogP contribution >= 0.6 is 11.6 Å². The van der Waals surface area contributed by atoms with E-state index in [0.29, 0.717) is 5.69 Å². The maximum absolute atomic E-state index is 12.4. The lowest BCUT2D eigenvalue weighted by atomic mass is 10.2. The highest BCUT2D eigenvalue weighted by Gasteiger charge is 2.20. The van der Waals surface area contributed by atoms with Gasteiger partial charge in [-0.15, -0.1) is 0 Å². The van der Waals surface area contributed by atoms with Crippen LogP contribution in [0.3, 0.4) is 0 Å². The highest BCUT2D eigenvalue weighted by atomic mass is 35.5. The molecule has 0 radical (unpaired) electrons. The zero-order valence-corrected chi connectivity index (χ0v) is 15.2. The van der Waals surface area contributed by atoms with Gasteiger partial charge in [0, 0.05) is 11.6 Å². The van der Waals surface area contributed by atoms with Crippen LogP contribution in [0.4, 0.5) is 5.69 Å². The summed E-state index contributed by atoms with van der Waals surface area (Å²) in [6, 6.07) is 11.8. The summed E-state index contributed by atoms with van der Waals surface area (Å²) in [5.74, 6) is -1.32. The molecule has 2 aromatic carbocycles. The molecule has 132 valence electrons. The maximum Gasteiger partial charge on any atom is 0.266 e. The highest BCUT2D eigenvalue weighted by Crippen LogP contribution is 2.18. The molecule has 2 amide bonds. The molecule has 0 spiro atoms. The van der Waals surface area contributed by atoms with Crippen molar-refractivity contribution in [2.24, 2.45) is 5.92 Å². The molecule has 0 aliphatic rings. The molecule has 0 atom stereocenters. The Morgan fingerprint density at radius 3 is 2.36 bits per heavy atom. The third-order valence-electron chi connectivity index (χ3n) is 3.28. The summed E-state index contributed by atoms with van der Waals surface area (Å²) >= 11 is 5.90. The molecule has 2 N–H and O–H groups in total. The molecular weight excluding hydrogens is 364 g/mol. The van der Waals surface area contributed by atoms with Crippen LogP contribution in [0.1, 0.15) is 24.2 Å². The lowest BCUT2D eigenvalue weighted by Gasteiger charge is -2.11. The zero-order valence-electron chi connectivity index (χ0n) is 13.6. The van der Waals surface area contributed by atoms with Crippen LogP contribution in [0.25, 0.3) is 0 Å². The predicted molar refractivity (Wildman–Crippen MR) is 96.0 cm³/mol. The Morgan fingerprint density at radius 1 is 1.04 bits per heavy atom. The van der Waals surface area contributed by atoms with E-state index in [1.807, 2.05) is 4.72 Å². The van der Waals surface area contributed by atoms with Gasteiger partial charge in [-0.1, -0.05) is 43.6 Å². The molecule has 0 unspecified atom stereocenters.